The minimum atomic E-state index is -3.44. The van der Waals surface area contributed by atoms with Crippen molar-refractivity contribution in [3.05, 3.63) is 24.3 Å². The molecule has 0 aromatic heterocycles. The Hall–Kier alpha value is -0.860. The van der Waals surface area contributed by atoms with Crippen molar-refractivity contribution in [3.63, 3.8) is 0 Å². The van der Waals surface area contributed by atoms with Crippen LogP contribution in [0.2, 0.25) is 0 Å². The SMILES string of the molecule is COCCOc1ccc(S(=O)(=O)N2CCC(C(C)N)CC2)cc1.Cl. The van der Waals surface area contributed by atoms with Crippen LogP contribution in [0.4, 0.5) is 0 Å². The number of ether oxygens (including phenoxy) is 2. The van der Waals surface area contributed by atoms with Gasteiger partial charge < -0.3 is 15.2 Å². The van der Waals surface area contributed by atoms with E-state index in [9.17, 15) is 8.42 Å². The van der Waals surface area contributed by atoms with Gasteiger partial charge in [0.05, 0.1) is 11.5 Å². The fourth-order valence-electron chi connectivity index (χ4n) is 2.74. The summed E-state index contributed by atoms with van der Waals surface area (Å²) in [4.78, 5) is 0.302. The molecule has 1 aromatic rings. The van der Waals surface area contributed by atoms with E-state index in [4.69, 9.17) is 15.2 Å². The molecule has 8 heteroatoms. The van der Waals surface area contributed by atoms with Gasteiger partial charge >= 0.3 is 0 Å². The molecule has 1 heterocycles. The maximum atomic E-state index is 12.7. The number of nitrogens with two attached hydrogens (primary N) is 1. The van der Waals surface area contributed by atoms with Crippen molar-refractivity contribution in [1.82, 2.24) is 4.31 Å². The Bertz CT molecular complexity index is 585. The van der Waals surface area contributed by atoms with Crippen LogP contribution in [0, 0.1) is 5.92 Å². The van der Waals surface area contributed by atoms with Crippen LogP contribution in [0.3, 0.4) is 0 Å². The molecule has 0 saturated carbocycles. The molecule has 0 spiro atoms. The number of halogens is 1. The van der Waals surface area contributed by atoms with Crippen molar-refractivity contribution >= 4 is 22.4 Å². The number of hydrogen-bond acceptors (Lipinski definition) is 5. The summed E-state index contributed by atoms with van der Waals surface area (Å²) in [6, 6.07) is 6.65. The Morgan fingerprint density at radius 2 is 1.79 bits per heavy atom. The van der Waals surface area contributed by atoms with Gasteiger partial charge in [-0.05, 0) is 49.9 Å². The molecule has 1 saturated heterocycles. The molecular formula is C16H27ClN2O4S. The van der Waals surface area contributed by atoms with Crippen LogP contribution < -0.4 is 10.5 Å². The summed E-state index contributed by atoms with van der Waals surface area (Å²) in [6.07, 6.45) is 1.63. The van der Waals surface area contributed by atoms with Crippen LogP contribution in [0.5, 0.6) is 5.75 Å². The van der Waals surface area contributed by atoms with E-state index in [-0.39, 0.29) is 18.4 Å². The van der Waals surface area contributed by atoms with E-state index in [0.29, 0.717) is 42.9 Å². The van der Waals surface area contributed by atoms with E-state index in [1.165, 1.54) is 0 Å². The lowest BCUT2D eigenvalue weighted by molar-refractivity contribution is 0.146. The second-order valence-electron chi connectivity index (χ2n) is 5.91. The molecule has 0 bridgehead atoms. The largest absolute Gasteiger partial charge is 0.491 e. The summed E-state index contributed by atoms with van der Waals surface area (Å²) in [6.45, 7) is 3.97. The standard InChI is InChI=1S/C16H26N2O4S.ClH/c1-13(17)14-7-9-18(10-8-14)23(19,20)16-5-3-15(4-6-16)22-12-11-21-2;/h3-6,13-14H,7-12,17H2,1-2H3;1H. The predicted molar refractivity (Wildman–Crippen MR) is 96.2 cm³/mol. The maximum absolute atomic E-state index is 12.7. The van der Waals surface area contributed by atoms with Gasteiger partial charge in [0.1, 0.15) is 12.4 Å². The lowest BCUT2D eigenvalue weighted by atomic mass is 9.92. The molecule has 1 aromatic carbocycles. The molecule has 0 amide bonds. The smallest absolute Gasteiger partial charge is 0.243 e. The fourth-order valence-corrected chi connectivity index (χ4v) is 4.21. The van der Waals surface area contributed by atoms with E-state index in [1.807, 2.05) is 6.92 Å². The minimum Gasteiger partial charge on any atom is -0.491 e. The molecule has 24 heavy (non-hydrogen) atoms. The number of nitrogens with zero attached hydrogens (tertiary/aromatic N) is 1. The number of rotatable bonds is 7. The maximum Gasteiger partial charge on any atom is 0.243 e. The Balaban J connectivity index is 0.00000288. The molecule has 2 rings (SSSR count). The van der Waals surface area contributed by atoms with E-state index in [2.05, 4.69) is 0 Å². The number of methoxy groups -OCH3 is 1. The van der Waals surface area contributed by atoms with E-state index in [0.717, 1.165) is 12.8 Å². The van der Waals surface area contributed by atoms with Crippen LogP contribution in [-0.4, -0.2) is 52.2 Å². The second kappa shape index (κ2) is 9.58. The van der Waals surface area contributed by atoms with Crippen molar-refractivity contribution in [1.29, 1.82) is 0 Å². The zero-order valence-corrected chi connectivity index (χ0v) is 15.8. The first-order valence-corrected chi connectivity index (χ1v) is 9.36. The van der Waals surface area contributed by atoms with E-state index < -0.39 is 10.0 Å². The number of piperidine rings is 1. The van der Waals surface area contributed by atoms with Gasteiger partial charge in [-0.25, -0.2) is 8.42 Å². The van der Waals surface area contributed by atoms with Crippen LogP contribution >= 0.6 is 12.4 Å². The molecule has 1 fully saturated rings. The molecule has 138 valence electrons. The third-order valence-electron chi connectivity index (χ3n) is 4.26. The zero-order chi connectivity index (χ0) is 16.9. The highest BCUT2D eigenvalue weighted by Crippen LogP contribution is 2.26. The van der Waals surface area contributed by atoms with Crippen LogP contribution in [-0.2, 0) is 14.8 Å². The first kappa shape index (κ1) is 21.2. The molecule has 6 nitrogen and oxygen atoms in total. The summed E-state index contributed by atoms with van der Waals surface area (Å²) in [7, 11) is -1.84. The van der Waals surface area contributed by atoms with Crippen molar-refractivity contribution in [2.45, 2.75) is 30.7 Å². The molecule has 1 unspecified atom stereocenters. The highest BCUT2D eigenvalue weighted by Gasteiger charge is 2.30. The molecule has 1 aliphatic rings. The first-order valence-electron chi connectivity index (χ1n) is 7.92. The highest BCUT2D eigenvalue weighted by atomic mass is 35.5. The zero-order valence-electron chi connectivity index (χ0n) is 14.2. The van der Waals surface area contributed by atoms with Crippen molar-refractivity contribution in [2.24, 2.45) is 11.7 Å². The quantitative estimate of drug-likeness (QED) is 0.732. The number of hydrogen-bond donors (Lipinski definition) is 1. The van der Waals surface area contributed by atoms with Gasteiger partial charge in [0, 0.05) is 26.2 Å². The summed E-state index contributed by atoms with van der Waals surface area (Å²) < 4.78 is 37.2. The lowest BCUT2D eigenvalue weighted by Gasteiger charge is -2.32. The van der Waals surface area contributed by atoms with Crippen LogP contribution in [0.1, 0.15) is 19.8 Å². The van der Waals surface area contributed by atoms with Crippen LogP contribution in [0.25, 0.3) is 0 Å². The molecule has 0 radical (unpaired) electrons. The summed E-state index contributed by atoms with van der Waals surface area (Å²) in [5.74, 6) is 1.04. The monoisotopic (exact) mass is 378 g/mol. The second-order valence-corrected chi connectivity index (χ2v) is 7.85. The van der Waals surface area contributed by atoms with Crippen molar-refractivity contribution < 1.29 is 17.9 Å². The molecule has 2 N–H and O–H groups in total. The lowest BCUT2D eigenvalue weighted by Crippen LogP contribution is -2.42. The molecular weight excluding hydrogens is 352 g/mol. The average Bonchev–Trinajstić information content (AvgIpc) is 2.55. The number of benzene rings is 1. The third-order valence-corrected chi connectivity index (χ3v) is 6.17. The topological polar surface area (TPSA) is 81.9 Å². The van der Waals surface area contributed by atoms with Gasteiger partial charge in [-0.2, -0.15) is 4.31 Å². The Kier molecular flexibility index (Phi) is 8.45. The molecule has 1 atom stereocenters. The normalized spacial score (nSPS) is 18.0. The summed E-state index contributed by atoms with van der Waals surface area (Å²) in [5.41, 5.74) is 5.91. The Morgan fingerprint density at radius 3 is 2.29 bits per heavy atom. The fraction of sp³-hybridized carbons (Fsp3) is 0.625. The molecule has 0 aliphatic carbocycles. The van der Waals surface area contributed by atoms with E-state index >= 15 is 0 Å². The Labute approximate surface area is 150 Å². The predicted octanol–water partition coefficient (Wildman–Crippen LogP) is 1.88. The van der Waals surface area contributed by atoms with Gasteiger partial charge in [-0.15, -0.1) is 12.4 Å². The highest BCUT2D eigenvalue weighted by molar-refractivity contribution is 7.89. The Morgan fingerprint density at radius 1 is 1.21 bits per heavy atom. The van der Waals surface area contributed by atoms with Crippen molar-refractivity contribution in [3.8, 4) is 5.75 Å². The summed E-state index contributed by atoms with van der Waals surface area (Å²) >= 11 is 0. The van der Waals surface area contributed by atoms with Gasteiger partial charge in [0.15, 0.2) is 0 Å². The van der Waals surface area contributed by atoms with Gasteiger partial charge in [0.2, 0.25) is 10.0 Å². The van der Waals surface area contributed by atoms with E-state index in [1.54, 1.807) is 35.7 Å². The van der Waals surface area contributed by atoms with Gasteiger partial charge in [-0.3, -0.25) is 0 Å². The summed E-state index contributed by atoms with van der Waals surface area (Å²) in [5, 5.41) is 0. The van der Waals surface area contributed by atoms with Crippen LogP contribution in [0.15, 0.2) is 29.2 Å². The van der Waals surface area contributed by atoms with Crippen molar-refractivity contribution in [2.75, 3.05) is 33.4 Å². The number of sulfonamides is 1. The third kappa shape index (κ3) is 5.32. The first-order chi connectivity index (χ1) is 10.9. The van der Waals surface area contributed by atoms with Gasteiger partial charge in [0.25, 0.3) is 0 Å². The minimum absolute atomic E-state index is 0. The van der Waals surface area contributed by atoms with Gasteiger partial charge in [-0.1, -0.05) is 0 Å². The molecule has 1 aliphatic heterocycles. The average molecular weight is 379 g/mol.